The van der Waals surface area contributed by atoms with Crippen molar-refractivity contribution < 1.29 is 39.6 Å². The minimum atomic E-state index is -2.68. The number of benzene rings is 3. The molecule has 3 aliphatic carbocycles. The second-order valence-electron chi connectivity index (χ2n) is 11.9. The number of nitrogens with two attached hydrogens (primary N) is 1. The molecule has 0 aliphatic heterocycles. The average molecular weight is 601 g/mol. The Kier molecular flexibility index (Phi) is 6.86. The number of rotatable bonds is 4. The summed E-state index contributed by atoms with van der Waals surface area (Å²) >= 11 is 0. The van der Waals surface area contributed by atoms with Crippen molar-refractivity contribution in [2.45, 2.75) is 31.0 Å². The van der Waals surface area contributed by atoms with E-state index in [4.69, 9.17) is 5.73 Å². The van der Waals surface area contributed by atoms with E-state index < -0.39 is 64.5 Å². The lowest BCUT2D eigenvalue weighted by Crippen LogP contribution is -2.66. The van der Waals surface area contributed by atoms with E-state index in [0.717, 1.165) is 10.8 Å². The molecule has 2 unspecified atom stereocenters. The smallest absolute Gasteiger partial charge is 0.323 e. The van der Waals surface area contributed by atoms with Gasteiger partial charge in [0.05, 0.1) is 23.0 Å². The molecular formula is C32H32N4O8. The number of carbonyl (C=O) groups is 4. The molecule has 0 aromatic heterocycles. The van der Waals surface area contributed by atoms with Gasteiger partial charge in [-0.15, -0.1) is 0 Å². The van der Waals surface area contributed by atoms with Crippen molar-refractivity contribution in [1.29, 1.82) is 0 Å². The summed E-state index contributed by atoms with van der Waals surface area (Å²) in [6.07, 6.45) is -1.46. The Labute approximate surface area is 251 Å². The highest BCUT2D eigenvalue weighted by Crippen LogP contribution is 2.53. The number of phenolic OH excluding ortho intramolecular Hbond substituents is 1. The van der Waals surface area contributed by atoms with E-state index in [1.54, 1.807) is 37.2 Å². The van der Waals surface area contributed by atoms with Crippen LogP contribution in [0, 0.1) is 17.8 Å². The van der Waals surface area contributed by atoms with Crippen molar-refractivity contribution in [1.82, 2.24) is 0 Å². The first-order chi connectivity index (χ1) is 20.8. The fourth-order valence-electron chi connectivity index (χ4n) is 7.08. The molecular weight excluding hydrogens is 568 g/mol. The number of urea groups is 1. The number of anilines is 3. The number of aromatic hydroxyl groups is 1. The molecule has 6 rings (SSSR count). The SMILES string of the molecule is CN(C)c1cc(NC(=O)Nc2cccc3ccccc23)c(O)c2c1C[C@H]1C[C@H]3CC(O)C(C(N)=O)C(=O)[C@@]3(O)C(=O)C1=C2O. The first-order valence-corrected chi connectivity index (χ1v) is 14.2. The van der Waals surface area contributed by atoms with E-state index in [-0.39, 0.29) is 36.1 Å². The van der Waals surface area contributed by atoms with Gasteiger partial charge < -0.3 is 41.7 Å². The highest BCUT2D eigenvalue weighted by atomic mass is 16.3. The molecule has 3 amide bonds. The monoisotopic (exact) mass is 600 g/mol. The summed E-state index contributed by atoms with van der Waals surface area (Å²) < 4.78 is 0. The summed E-state index contributed by atoms with van der Waals surface area (Å²) in [7, 11) is 3.49. The van der Waals surface area contributed by atoms with Crippen LogP contribution in [0.1, 0.15) is 24.0 Å². The Bertz CT molecular complexity index is 1790. The molecule has 0 bridgehead atoms. The Morgan fingerprint density at radius 3 is 2.39 bits per heavy atom. The maximum atomic E-state index is 13.8. The van der Waals surface area contributed by atoms with Crippen LogP contribution >= 0.6 is 0 Å². The van der Waals surface area contributed by atoms with Crippen molar-refractivity contribution in [2.75, 3.05) is 29.6 Å². The molecule has 2 saturated carbocycles. The number of hydrogen-bond donors (Lipinski definition) is 7. The van der Waals surface area contributed by atoms with Crippen LogP contribution in [0.3, 0.4) is 0 Å². The van der Waals surface area contributed by atoms with Crippen LogP contribution in [0.4, 0.5) is 21.9 Å². The molecule has 0 heterocycles. The van der Waals surface area contributed by atoms with Gasteiger partial charge in [-0.1, -0.05) is 36.4 Å². The second-order valence-corrected chi connectivity index (χ2v) is 11.9. The lowest BCUT2D eigenvalue weighted by molar-refractivity contribution is -0.174. The molecule has 12 heteroatoms. The Morgan fingerprint density at radius 2 is 1.68 bits per heavy atom. The first kappa shape index (κ1) is 29.1. The van der Waals surface area contributed by atoms with E-state index in [0.29, 0.717) is 16.9 Å². The summed E-state index contributed by atoms with van der Waals surface area (Å²) in [5, 5.41) is 52.0. The van der Waals surface area contributed by atoms with Crippen molar-refractivity contribution in [2.24, 2.45) is 23.5 Å². The van der Waals surface area contributed by atoms with Gasteiger partial charge in [-0.05, 0) is 48.3 Å². The summed E-state index contributed by atoms with van der Waals surface area (Å²) in [4.78, 5) is 53.9. The molecule has 0 spiro atoms. The highest BCUT2D eigenvalue weighted by molar-refractivity contribution is 6.25. The van der Waals surface area contributed by atoms with E-state index in [2.05, 4.69) is 10.6 Å². The number of ketones is 2. The molecule has 8 N–H and O–H groups in total. The zero-order chi connectivity index (χ0) is 31.7. The third-order valence-corrected chi connectivity index (χ3v) is 9.13. The van der Waals surface area contributed by atoms with Gasteiger partial charge in [-0.25, -0.2) is 4.79 Å². The Morgan fingerprint density at radius 1 is 1.00 bits per heavy atom. The molecule has 0 saturated heterocycles. The number of nitrogens with zero attached hydrogens (tertiary/aromatic N) is 1. The van der Waals surface area contributed by atoms with Crippen molar-refractivity contribution >= 4 is 57.1 Å². The number of aliphatic hydroxyl groups excluding tert-OH is 2. The summed E-state index contributed by atoms with van der Waals surface area (Å²) in [5.41, 5.74) is 3.78. The third-order valence-electron chi connectivity index (χ3n) is 9.13. The minimum Gasteiger partial charge on any atom is -0.507 e. The van der Waals surface area contributed by atoms with Gasteiger partial charge in [-0.2, -0.15) is 0 Å². The number of phenols is 1. The normalized spacial score (nSPS) is 26.0. The van der Waals surface area contributed by atoms with Crippen LogP contribution in [0.25, 0.3) is 16.5 Å². The lowest BCUT2D eigenvalue weighted by Gasteiger charge is -2.48. The van der Waals surface area contributed by atoms with E-state index in [9.17, 15) is 39.6 Å². The van der Waals surface area contributed by atoms with Crippen molar-refractivity contribution in [3.05, 3.63) is 65.2 Å². The Hall–Kier alpha value is -4.94. The molecule has 0 radical (unpaired) electrons. The minimum absolute atomic E-state index is 0.0520. The summed E-state index contributed by atoms with van der Waals surface area (Å²) in [6, 6.07) is 13.8. The molecule has 44 heavy (non-hydrogen) atoms. The summed E-state index contributed by atoms with van der Waals surface area (Å²) in [5.74, 6) is -8.05. The van der Waals surface area contributed by atoms with Crippen LogP contribution in [-0.2, 0) is 20.8 Å². The summed E-state index contributed by atoms with van der Waals surface area (Å²) in [6.45, 7) is 0. The number of Topliss-reactive ketones (excluding diaryl/α,β-unsaturated/α-hetero) is 2. The number of fused-ring (bicyclic) bond motifs is 4. The number of amides is 3. The molecule has 2 fully saturated rings. The van der Waals surface area contributed by atoms with Crippen LogP contribution in [0.15, 0.2) is 54.1 Å². The second kappa shape index (κ2) is 10.4. The number of aliphatic hydroxyl groups is 3. The van der Waals surface area contributed by atoms with Gasteiger partial charge in [0, 0.05) is 36.7 Å². The maximum absolute atomic E-state index is 13.8. The molecule has 228 valence electrons. The van der Waals surface area contributed by atoms with E-state index >= 15 is 0 Å². The zero-order valence-electron chi connectivity index (χ0n) is 24.0. The first-order valence-electron chi connectivity index (χ1n) is 14.2. The predicted molar refractivity (Wildman–Crippen MR) is 162 cm³/mol. The molecule has 3 aliphatic rings. The largest absolute Gasteiger partial charge is 0.507 e. The van der Waals surface area contributed by atoms with Crippen molar-refractivity contribution in [3.8, 4) is 5.75 Å². The predicted octanol–water partition coefficient (Wildman–Crippen LogP) is 2.45. The van der Waals surface area contributed by atoms with Crippen LogP contribution < -0.4 is 21.3 Å². The van der Waals surface area contributed by atoms with E-state index in [1.807, 2.05) is 30.3 Å². The van der Waals surface area contributed by atoms with Gasteiger partial charge in [0.2, 0.25) is 11.7 Å². The van der Waals surface area contributed by atoms with Crippen LogP contribution in [0.2, 0.25) is 0 Å². The molecule has 5 atom stereocenters. The average Bonchev–Trinajstić information content (AvgIpc) is 2.96. The van der Waals surface area contributed by atoms with Gasteiger partial charge in [-0.3, -0.25) is 14.4 Å². The van der Waals surface area contributed by atoms with Gasteiger partial charge in [0.25, 0.3) is 0 Å². The number of hydrogen-bond acceptors (Lipinski definition) is 9. The lowest BCUT2D eigenvalue weighted by atomic mass is 9.56. The molecule has 3 aromatic carbocycles. The Balaban J connectivity index is 1.40. The number of primary amides is 1. The van der Waals surface area contributed by atoms with Crippen molar-refractivity contribution in [3.63, 3.8) is 0 Å². The zero-order valence-corrected chi connectivity index (χ0v) is 24.0. The quantitative estimate of drug-likeness (QED) is 0.173. The molecule has 3 aromatic rings. The highest BCUT2D eigenvalue weighted by Gasteiger charge is 2.64. The van der Waals surface area contributed by atoms with Crippen LogP contribution in [0.5, 0.6) is 5.75 Å². The fourth-order valence-corrected chi connectivity index (χ4v) is 7.08. The van der Waals surface area contributed by atoms with Gasteiger partial charge in [0.1, 0.15) is 11.7 Å². The van der Waals surface area contributed by atoms with Crippen LogP contribution in [-0.4, -0.2) is 69.7 Å². The van der Waals surface area contributed by atoms with Gasteiger partial charge >= 0.3 is 6.03 Å². The van der Waals surface area contributed by atoms with Gasteiger partial charge in [0.15, 0.2) is 17.1 Å². The molecule has 12 nitrogen and oxygen atoms in total. The fraction of sp³-hybridized carbons (Fsp3) is 0.312. The topological polar surface area (TPSA) is 203 Å². The standard InChI is InChI=1S/C32H32N4O8/c1-36(2)21-13-20(35-31(43)34-19-9-5-7-14-6-3-4-8-17(14)19)26(38)24-18(21)11-15-10-16-12-22(37)25(30(33)42)29(41)32(16,44)28(40)23(15)27(24)39/h3-9,13,15-16,22,25,37-39,44H,10-12H2,1-2H3,(H2,33,42)(H2,34,35,43)/t15-,16+,22?,25?,32+/m1/s1. The number of carbonyl (C=O) groups excluding carboxylic acids is 4. The third kappa shape index (κ3) is 4.28. The van der Waals surface area contributed by atoms with E-state index in [1.165, 1.54) is 0 Å². The maximum Gasteiger partial charge on any atom is 0.323 e. The number of nitrogens with one attached hydrogen (secondary N) is 2.